The van der Waals surface area contributed by atoms with Crippen molar-refractivity contribution in [1.29, 1.82) is 0 Å². The zero-order valence-corrected chi connectivity index (χ0v) is 23.8. The minimum absolute atomic E-state index is 0.0851. The molecule has 2 fully saturated rings. The Bertz CT molecular complexity index is 1350. The first-order valence-corrected chi connectivity index (χ1v) is 17.4. The van der Waals surface area contributed by atoms with Crippen molar-refractivity contribution in [3.63, 3.8) is 0 Å². The summed E-state index contributed by atoms with van der Waals surface area (Å²) in [6.45, 7) is 3.25. The molecular formula is C26H36N2O6S3. The Morgan fingerprint density at radius 1 is 0.568 bits per heavy atom. The fraction of sp³-hybridized carbons (Fsp3) is 0.538. The first-order valence-electron chi connectivity index (χ1n) is 12.9. The van der Waals surface area contributed by atoms with Crippen LogP contribution < -0.4 is 9.44 Å². The summed E-state index contributed by atoms with van der Waals surface area (Å²) in [6, 6.07) is 7.67. The van der Waals surface area contributed by atoms with Crippen LogP contribution in [0.5, 0.6) is 0 Å². The van der Waals surface area contributed by atoms with E-state index in [0.717, 1.165) is 64.2 Å². The van der Waals surface area contributed by atoms with Gasteiger partial charge in [-0.2, -0.15) is 0 Å². The molecule has 8 nitrogen and oxygen atoms in total. The molecule has 2 N–H and O–H groups in total. The standard InChI is InChI=1S/C26H36N2O6S3/c1-19-13-15-23(17-25(19)36(31,32)27-21-9-5-3-6-10-21)35(29,30)24-16-14-20(2)26(18-24)37(33,34)28-22-11-7-4-8-12-22/h13-18,21-22,27-28H,3-12H2,1-2H3. The van der Waals surface area contributed by atoms with Crippen molar-refractivity contribution in [3.05, 3.63) is 47.5 Å². The smallest absolute Gasteiger partial charge is 0.219 e. The molecule has 0 spiro atoms. The van der Waals surface area contributed by atoms with E-state index < -0.39 is 29.9 Å². The fourth-order valence-corrected chi connectivity index (χ4v) is 9.83. The van der Waals surface area contributed by atoms with E-state index in [9.17, 15) is 25.3 Å². The zero-order valence-electron chi connectivity index (χ0n) is 21.4. The fourth-order valence-electron chi connectivity index (χ4n) is 5.22. The number of benzene rings is 2. The Hall–Kier alpha value is -1.79. The second-order valence-electron chi connectivity index (χ2n) is 10.3. The molecule has 11 heteroatoms. The summed E-state index contributed by atoms with van der Waals surface area (Å²) < 4.78 is 85.3. The molecule has 0 amide bonds. The average molecular weight is 569 g/mol. The Morgan fingerprint density at radius 3 is 1.27 bits per heavy atom. The van der Waals surface area contributed by atoms with Crippen LogP contribution in [0.2, 0.25) is 0 Å². The van der Waals surface area contributed by atoms with E-state index in [2.05, 4.69) is 9.44 Å². The molecule has 0 aliphatic heterocycles. The summed E-state index contributed by atoms with van der Waals surface area (Å²) in [4.78, 5) is -0.569. The molecule has 2 aromatic carbocycles. The monoisotopic (exact) mass is 568 g/mol. The van der Waals surface area contributed by atoms with E-state index in [-0.39, 0.29) is 31.7 Å². The molecule has 0 heterocycles. The van der Waals surface area contributed by atoms with Crippen LogP contribution in [-0.4, -0.2) is 37.3 Å². The molecule has 0 bridgehead atoms. The van der Waals surface area contributed by atoms with E-state index in [1.807, 2.05) is 0 Å². The number of rotatable bonds is 8. The lowest BCUT2D eigenvalue weighted by Gasteiger charge is -2.23. The quantitative estimate of drug-likeness (QED) is 0.487. The largest absolute Gasteiger partial charge is 0.241 e. The van der Waals surface area contributed by atoms with Crippen LogP contribution in [0.4, 0.5) is 0 Å². The highest BCUT2D eigenvalue weighted by atomic mass is 32.2. The van der Waals surface area contributed by atoms with Gasteiger partial charge in [-0.05, 0) is 74.9 Å². The number of sulfone groups is 1. The van der Waals surface area contributed by atoms with Crippen LogP contribution in [0.1, 0.15) is 75.3 Å². The van der Waals surface area contributed by atoms with Gasteiger partial charge in [0.1, 0.15) is 0 Å². The summed E-state index contributed by atoms with van der Waals surface area (Å²) in [5, 5.41) is 0. The van der Waals surface area contributed by atoms with Gasteiger partial charge in [0.2, 0.25) is 29.9 Å². The predicted molar refractivity (Wildman–Crippen MR) is 142 cm³/mol. The number of nitrogens with one attached hydrogen (secondary N) is 2. The maximum absolute atomic E-state index is 13.6. The SMILES string of the molecule is Cc1ccc(S(=O)(=O)c2ccc(C)c(S(=O)(=O)NC3CCCCC3)c2)cc1S(=O)(=O)NC1CCCCC1. The van der Waals surface area contributed by atoms with Crippen LogP contribution in [-0.2, 0) is 29.9 Å². The van der Waals surface area contributed by atoms with Gasteiger partial charge in [-0.15, -0.1) is 0 Å². The third kappa shape index (κ3) is 6.44. The van der Waals surface area contributed by atoms with E-state index in [0.29, 0.717) is 11.1 Å². The highest BCUT2D eigenvalue weighted by Crippen LogP contribution is 2.29. The lowest BCUT2D eigenvalue weighted by Crippen LogP contribution is -2.36. The Balaban J connectivity index is 1.66. The summed E-state index contributed by atoms with van der Waals surface area (Å²) in [5.41, 5.74) is 0.872. The van der Waals surface area contributed by atoms with Gasteiger partial charge in [0.25, 0.3) is 0 Å². The van der Waals surface area contributed by atoms with Crippen molar-refractivity contribution >= 4 is 29.9 Å². The third-order valence-electron chi connectivity index (χ3n) is 7.37. The molecule has 2 aliphatic carbocycles. The summed E-state index contributed by atoms with van der Waals surface area (Å²) in [6.07, 6.45) is 8.99. The molecule has 37 heavy (non-hydrogen) atoms. The van der Waals surface area contributed by atoms with Crippen LogP contribution in [0.3, 0.4) is 0 Å². The van der Waals surface area contributed by atoms with E-state index in [4.69, 9.17) is 0 Å². The number of hydrogen-bond acceptors (Lipinski definition) is 6. The van der Waals surface area contributed by atoms with Crippen LogP contribution in [0.15, 0.2) is 56.0 Å². The van der Waals surface area contributed by atoms with Gasteiger partial charge in [-0.3, -0.25) is 0 Å². The molecule has 0 atom stereocenters. The third-order valence-corrected chi connectivity index (χ3v) is 12.4. The van der Waals surface area contributed by atoms with Gasteiger partial charge in [0.15, 0.2) is 0 Å². The first-order chi connectivity index (χ1) is 17.4. The second-order valence-corrected chi connectivity index (χ2v) is 15.6. The van der Waals surface area contributed by atoms with Crippen molar-refractivity contribution in [2.24, 2.45) is 0 Å². The van der Waals surface area contributed by atoms with Gasteiger partial charge in [-0.1, -0.05) is 50.7 Å². The molecule has 0 saturated heterocycles. The predicted octanol–water partition coefficient (Wildman–Crippen LogP) is 4.36. The molecular weight excluding hydrogens is 532 g/mol. The van der Waals surface area contributed by atoms with E-state index >= 15 is 0 Å². The maximum Gasteiger partial charge on any atom is 0.241 e. The molecule has 0 aromatic heterocycles. The normalized spacial score (nSPS) is 18.6. The summed E-state index contributed by atoms with van der Waals surface area (Å²) >= 11 is 0. The maximum atomic E-state index is 13.6. The number of hydrogen-bond donors (Lipinski definition) is 2. The Labute approximate surface area is 221 Å². The molecule has 2 aliphatic rings. The van der Waals surface area contributed by atoms with Crippen molar-refractivity contribution < 1.29 is 25.3 Å². The van der Waals surface area contributed by atoms with Crippen molar-refractivity contribution in [2.75, 3.05) is 0 Å². The minimum atomic E-state index is -4.19. The lowest BCUT2D eigenvalue weighted by molar-refractivity contribution is 0.411. The number of sulfonamides is 2. The molecule has 0 unspecified atom stereocenters. The van der Waals surface area contributed by atoms with Gasteiger partial charge in [-0.25, -0.2) is 34.7 Å². The number of aryl methyl sites for hydroxylation is 2. The Kier molecular flexibility index (Phi) is 8.49. The Morgan fingerprint density at radius 2 is 0.919 bits per heavy atom. The molecule has 2 saturated carbocycles. The summed E-state index contributed by atoms with van der Waals surface area (Å²) in [7, 11) is -12.0. The molecule has 204 valence electrons. The summed E-state index contributed by atoms with van der Waals surface area (Å²) in [5.74, 6) is 0. The molecule has 2 aromatic rings. The highest BCUT2D eigenvalue weighted by Gasteiger charge is 2.29. The molecule has 4 rings (SSSR count). The minimum Gasteiger partial charge on any atom is -0.219 e. The first kappa shape index (κ1) is 28.2. The van der Waals surface area contributed by atoms with E-state index in [1.165, 1.54) is 36.4 Å². The van der Waals surface area contributed by atoms with Crippen molar-refractivity contribution in [3.8, 4) is 0 Å². The van der Waals surface area contributed by atoms with Crippen molar-refractivity contribution in [2.45, 2.75) is 110 Å². The van der Waals surface area contributed by atoms with Crippen LogP contribution in [0, 0.1) is 13.8 Å². The van der Waals surface area contributed by atoms with E-state index in [1.54, 1.807) is 13.8 Å². The average Bonchev–Trinajstić information content (AvgIpc) is 2.85. The topological polar surface area (TPSA) is 126 Å². The van der Waals surface area contributed by atoms with Gasteiger partial charge in [0.05, 0.1) is 19.6 Å². The van der Waals surface area contributed by atoms with Crippen molar-refractivity contribution in [1.82, 2.24) is 9.44 Å². The zero-order chi connectivity index (χ0) is 26.8. The van der Waals surface area contributed by atoms with Crippen LogP contribution in [0.25, 0.3) is 0 Å². The van der Waals surface area contributed by atoms with Crippen LogP contribution >= 0.6 is 0 Å². The second kappa shape index (κ2) is 11.1. The van der Waals surface area contributed by atoms with Gasteiger partial charge in [0, 0.05) is 12.1 Å². The lowest BCUT2D eigenvalue weighted by atomic mass is 9.96. The van der Waals surface area contributed by atoms with Gasteiger partial charge < -0.3 is 0 Å². The van der Waals surface area contributed by atoms with Gasteiger partial charge >= 0.3 is 0 Å². The molecule has 0 radical (unpaired) electrons. The highest BCUT2D eigenvalue weighted by molar-refractivity contribution is 7.92.